The minimum absolute atomic E-state index is 0.0207. The molecule has 0 bridgehead atoms. The highest BCUT2D eigenvalue weighted by molar-refractivity contribution is 5.91. The number of carbonyl (C=O) groups excluding carboxylic acids is 4. The third-order valence-corrected chi connectivity index (χ3v) is 10.6. The second-order valence-corrected chi connectivity index (χ2v) is 16.6. The molecule has 0 radical (unpaired) electrons. The molecule has 0 saturated heterocycles. The number of ether oxygens (including phenoxy) is 5. The van der Waals surface area contributed by atoms with Crippen LogP contribution in [-0.4, -0.2) is 92.7 Å². The first-order valence-corrected chi connectivity index (χ1v) is 21.0. The zero-order valence-electron chi connectivity index (χ0n) is 38.0. The number of methoxy groups -OCH3 is 4. The second-order valence-electron chi connectivity index (χ2n) is 16.6. The molecule has 7 N–H and O–H groups in total. The van der Waals surface area contributed by atoms with Crippen molar-refractivity contribution in [2.45, 2.75) is 91.0 Å². The zero-order chi connectivity index (χ0) is 47.0. The van der Waals surface area contributed by atoms with Crippen LogP contribution in [-0.2, 0) is 45.2 Å². The van der Waals surface area contributed by atoms with Gasteiger partial charge in [0.05, 0.1) is 40.6 Å². The van der Waals surface area contributed by atoms with E-state index in [0.29, 0.717) is 34.1 Å². The number of alkyl carbamates (subject to hydrolysis) is 1. The number of aliphatic hydroxyl groups is 1. The Morgan fingerprint density at radius 3 is 1.84 bits per heavy atom. The number of rotatable bonds is 22. The third-order valence-electron chi connectivity index (χ3n) is 10.6. The Kier molecular flexibility index (Phi) is 18.6. The standard InChI is InChI=1S/C48H63N5O11/c1-29(2)38(44(56)50-26-32-20-22-34(60-6)25-36(32)54)52-45(57)39(49-27-33-21-23-37(61-7)42(63-9)41(33)62-8)40(55)35(24-30-16-12-10-13-17-30)51-46(58)43(48(3,4)5)53-47(59)64-28-31-18-14-11-15-19-31/h10-23,25,29,35,38-40,43,49,54-55H,24,26-28H2,1-9H3,(H,50,56)(H,51,58)(H,52,57)(H,53,59)/t35-,38-,39+,40+,43+/m0/s1. The van der Waals surface area contributed by atoms with Crippen molar-refractivity contribution >= 4 is 23.8 Å². The van der Waals surface area contributed by atoms with Crippen LogP contribution in [0.25, 0.3) is 0 Å². The number of hydrogen-bond acceptors (Lipinski definition) is 12. The fourth-order valence-corrected chi connectivity index (χ4v) is 6.96. The number of benzene rings is 4. The Balaban J connectivity index is 1.68. The van der Waals surface area contributed by atoms with Crippen LogP contribution in [0.15, 0.2) is 91.0 Å². The maximum atomic E-state index is 14.6. The van der Waals surface area contributed by atoms with Crippen molar-refractivity contribution in [3.05, 3.63) is 113 Å². The van der Waals surface area contributed by atoms with Crippen molar-refractivity contribution in [2.75, 3.05) is 28.4 Å². The summed E-state index contributed by atoms with van der Waals surface area (Å²) in [6.45, 7) is 8.71. The predicted molar refractivity (Wildman–Crippen MR) is 241 cm³/mol. The highest BCUT2D eigenvalue weighted by Gasteiger charge is 2.40. The van der Waals surface area contributed by atoms with Crippen LogP contribution in [0, 0.1) is 11.3 Å². The van der Waals surface area contributed by atoms with Gasteiger partial charge in [-0.15, -0.1) is 0 Å². The Bertz CT molecular complexity index is 2150. The molecule has 4 rings (SSSR count). The number of aromatic hydroxyl groups is 1. The second kappa shape index (κ2) is 23.8. The molecule has 5 atom stereocenters. The van der Waals surface area contributed by atoms with E-state index in [1.807, 2.05) is 60.7 Å². The number of phenolic OH excluding ortho intramolecular Hbond substituents is 1. The van der Waals surface area contributed by atoms with Crippen LogP contribution in [0.4, 0.5) is 4.79 Å². The first kappa shape index (κ1) is 50.1. The van der Waals surface area contributed by atoms with Gasteiger partial charge in [-0.1, -0.05) is 101 Å². The molecule has 4 aromatic rings. The average Bonchev–Trinajstić information content (AvgIpc) is 3.28. The van der Waals surface area contributed by atoms with E-state index in [0.717, 1.165) is 11.1 Å². The van der Waals surface area contributed by atoms with Gasteiger partial charge in [0.2, 0.25) is 23.5 Å². The van der Waals surface area contributed by atoms with Crippen LogP contribution in [0.2, 0.25) is 0 Å². The smallest absolute Gasteiger partial charge is 0.408 e. The molecule has 0 aliphatic carbocycles. The van der Waals surface area contributed by atoms with Gasteiger partial charge in [-0.25, -0.2) is 4.79 Å². The van der Waals surface area contributed by atoms with E-state index in [2.05, 4.69) is 26.6 Å². The van der Waals surface area contributed by atoms with Gasteiger partial charge in [-0.2, -0.15) is 0 Å². The lowest BCUT2D eigenvalue weighted by Crippen LogP contribution is -2.63. The predicted octanol–water partition coefficient (Wildman–Crippen LogP) is 4.77. The van der Waals surface area contributed by atoms with E-state index in [1.54, 1.807) is 58.9 Å². The Hall–Kier alpha value is -6.52. The molecule has 0 spiro atoms. The molecule has 64 heavy (non-hydrogen) atoms. The van der Waals surface area contributed by atoms with Gasteiger partial charge in [0.1, 0.15) is 36.2 Å². The quantitative estimate of drug-likeness (QED) is 0.0569. The molecular weight excluding hydrogens is 823 g/mol. The number of phenols is 1. The Labute approximate surface area is 375 Å². The van der Waals surface area contributed by atoms with E-state index in [-0.39, 0.29) is 31.9 Å². The molecule has 0 aromatic heterocycles. The summed E-state index contributed by atoms with van der Waals surface area (Å²) in [5, 5.41) is 37.4. The molecule has 4 amide bonds. The first-order valence-electron chi connectivity index (χ1n) is 21.0. The molecule has 16 nitrogen and oxygen atoms in total. The third kappa shape index (κ3) is 14.0. The maximum absolute atomic E-state index is 14.6. The Morgan fingerprint density at radius 1 is 0.656 bits per heavy atom. The van der Waals surface area contributed by atoms with Crippen LogP contribution >= 0.6 is 0 Å². The summed E-state index contributed by atoms with van der Waals surface area (Å²) >= 11 is 0. The summed E-state index contributed by atoms with van der Waals surface area (Å²) < 4.78 is 27.4. The van der Waals surface area contributed by atoms with E-state index in [1.165, 1.54) is 34.5 Å². The lowest BCUT2D eigenvalue weighted by Gasteiger charge is -2.35. The first-order chi connectivity index (χ1) is 30.5. The topological polar surface area (TPSA) is 215 Å². The number of aliphatic hydroxyl groups excluding tert-OH is 1. The normalized spacial score (nSPS) is 13.6. The van der Waals surface area contributed by atoms with Crippen LogP contribution in [0.5, 0.6) is 28.7 Å². The molecule has 0 heterocycles. The van der Waals surface area contributed by atoms with Gasteiger partial charge in [-0.3, -0.25) is 19.7 Å². The molecular formula is C48H63N5O11. The number of amides is 4. The number of nitrogens with one attached hydrogen (secondary N) is 5. The zero-order valence-corrected chi connectivity index (χ0v) is 38.0. The summed E-state index contributed by atoms with van der Waals surface area (Å²) in [6.07, 6.45) is -2.40. The highest BCUT2D eigenvalue weighted by atomic mass is 16.5. The fraction of sp³-hybridized carbons (Fsp3) is 0.417. The average molecular weight is 886 g/mol. The van der Waals surface area contributed by atoms with Crippen LogP contribution < -0.4 is 45.5 Å². The summed E-state index contributed by atoms with van der Waals surface area (Å²) in [4.78, 5) is 55.9. The van der Waals surface area contributed by atoms with Gasteiger partial charge in [-0.05, 0) is 47.1 Å². The Morgan fingerprint density at radius 2 is 1.28 bits per heavy atom. The summed E-state index contributed by atoms with van der Waals surface area (Å²) in [7, 11) is 5.88. The fourth-order valence-electron chi connectivity index (χ4n) is 6.96. The van der Waals surface area contributed by atoms with Gasteiger partial charge in [0.25, 0.3) is 0 Å². The molecule has 0 fully saturated rings. The summed E-state index contributed by atoms with van der Waals surface area (Å²) in [6, 6.07) is 21.4. The number of carbonyl (C=O) groups is 4. The van der Waals surface area contributed by atoms with Gasteiger partial charge >= 0.3 is 6.09 Å². The maximum Gasteiger partial charge on any atom is 0.408 e. The lowest BCUT2D eigenvalue weighted by atomic mass is 9.85. The monoisotopic (exact) mass is 885 g/mol. The van der Waals surface area contributed by atoms with Crippen molar-refractivity contribution in [1.82, 2.24) is 26.6 Å². The molecule has 16 heteroatoms. The van der Waals surface area contributed by atoms with Crippen molar-refractivity contribution in [3.8, 4) is 28.7 Å². The van der Waals surface area contributed by atoms with E-state index < -0.39 is 65.4 Å². The molecule has 0 aliphatic rings. The molecule has 4 aromatic carbocycles. The molecule has 0 saturated carbocycles. The van der Waals surface area contributed by atoms with Gasteiger partial charge in [0, 0.05) is 30.3 Å². The molecule has 0 unspecified atom stereocenters. The number of hydrogen-bond donors (Lipinski definition) is 7. The van der Waals surface area contributed by atoms with Crippen molar-refractivity contribution < 1.29 is 53.1 Å². The highest BCUT2D eigenvalue weighted by Crippen LogP contribution is 2.39. The molecule has 0 aliphatic heterocycles. The van der Waals surface area contributed by atoms with Gasteiger partial charge in [0.15, 0.2) is 11.5 Å². The van der Waals surface area contributed by atoms with Crippen LogP contribution in [0.3, 0.4) is 0 Å². The molecule has 346 valence electrons. The van der Waals surface area contributed by atoms with Crippen molar-refractivity contribution in [1.29, 1.82) is 0 Å². The van der Waals surface area contributed by atoms with Crippen LogP contribution in [0.1, 0.15) is 56.9 Å². The van der Waals surface area contributed by atoms with Crippen molar-refractivity contribution in [3.63, 3.8) is 0 Å². The minimum Gasteiger partial charge on any atom is -0.507 e. The van der Waals surface area contributed by atoms with E-state index in [4.69, 9.17) is 23.7 Å². The van der Waals surface area contributed by atoms with Gasteiger partial charge < -0.3 is 55.2 Å². The largest absolute Gasteiger partial charge is 0.507 e. The summed E-state index contributed by atoms with van der Waals surface area (Å²) in [5.74, 6) is -0.973. The van der Waals surface area contributed by atoms with E-state index >= 15 is 0 Å². The summed E-state index contributed by atoms with van der Waals surface area (Å²) in [5.41, 5.74) is 1.62. The SMILES string of the molecule is COc1ccc(CNC(=O)[C@@H](NC(=O)[C@H](NCc2ccc(OC)c(OC)c2OC)[C@H](O)[C@H](Cc2ccccc2)NC(=O)[C@@H](NC(=O)OCc2ccccc2)C(C)(C)C)C(C)C)c(O)c1. The van der Waals surface area contributed by atoms with E-state index in [9.17, 15) is 29.4 Å². The van der Waals surface area contributed by atoms with Crippen molar-refractivity contribution in [2.24, 2.45) is 11.3 Å². The minimum atomic E-state index is -1.65. The lowest BCUT2D eigenvalue weighted by molar-refractivity contribution is -0.134.